The van der Waals surface area contributed by atoms with Gasteiger partial charge in [0, 0.05) is 60.4 Å². The molecule has 2 aliphatic heterocycles. The molecule has 4 aromatic carbocycles. The Kier molecular flexibility index (Phi) is 15.4. The lowest BCUT2D eigenvalue weighted by Crippen LogP contribution is -2.47. The van der Waals surface area contributed by atoms with Gasteiger partial charge in [0.15, 0.2) is 0 Å². The Morgan fingerprint density at radius 1 is 0.688 bits per heavy atom. The molecule has 1 saturated heterocycles. The predicted octanol–water partition coefficient (Wildman–Crippen LogP) is 8.48. The molecular weight excluding hydrogens is 682 g/mol. The fourth-order valence-corrected chi connectivity index (χ4v) is 6.49. The number of piperazine rings is 1. The number of nitrogens with zero attached hydrogens (tertiary/aromatic N) is 3. The van der Waals surface area contributed by atoms with Gasteiger partial charge in [-0.3, -0.25) is 4.90 Å². The van der Waals surface area contributed by atoms with Crippen LogP contribution in [-0.2, 0) is 6.18 Å². The van der Waals surface area contributed by atoms with E-state index in [1.54, 1.807) is 6.07 Å². The Morgan fingerprint density at radius 2 is 1.21 bits per heavy atom. The molecule has 48 heavy (non-hydrogen) atoms. The van der Waals surface area contributed by atoms with E-state index in [0.29, 0.717) is 18.8 Å². The van der Waals surface area contributed by atoms with Gasteiger partial charge in [-0.1, -0.05) is 60.3 Å². The summed E-state index contributed by atoms with van der Waals surface area (Å²) < 4.78 is 39.9. The van der Waals surface area contributed by atoms with Gasteiger partial charge in [-0.15, -0.1) is 24.8 Å². The van der Waals surface area contributed by atoms with E-state index < -0.39 is 11.7 Å². The molecule has 2 amide bonds. The summed E-state index contributed by atoms with van der Waals surface area (Å²) in [6.07, 6.45) is -3.48. The first-order valence-electron chi connectivity index (χ1n) is 15.3. The number of benzene rings is 4. The number of carbonyl (C=O) groups excluding carboxylic acids is 1. The zero-order valence-corrected chi connectivity index (χ0v) is 28.7. The van der Waals surface area contributed by atoms with Crippen molar-refractivity contribution in [1.82, 2.24) is 9.80 Å². The van der Waals surface area contributed by atoms with Crippen molar-refractivity contribution in [2.45, 2.75) is 22.4 Å². The summed E-state index contributed by atoms with van der Waals surface area (Å²) in [7, 11) is 0. The second kappa shape index (κ2) is 18.9. The standard InChI is InChI=1S/C22H26F3N3OS.C13H12N2O.2ClH/c23-22(24,25)17-6-7-21-19(16-17)28(18-4-1-2-5-20(18)30-21)9-3-8-26-10-12-27(13-11-26)14-15-29;16-13(14-11-7-3-1-4-8-11)15-12-9-5-2-6-10-12;;/h1-2,4-7,16,29H,3,8-15H2;1-10H,(H2,14,15,16);2*1H. The first-order chi connectivity index (χ1) is 22.3. The topological polar surface area (TPSA) is 71.1 Å². The Hall–Kier alpha value is -3.45. The molecule has 13 heteroatoms. The number of amides is 2. The number of anilines is 4. The third-order valence-electron chi connectivity index (χ3n) is 7.75. The van der Waals surface area contributed by atoms with Gasteiger partial charge in [-0.05, 0) is 67.6 Å². The minimum absolute atomic E-state index is 0. The van der Waals surface area contributed by atoms with Crippen LogP contribution in [-0.4, -0.2) is 73.4 Å². The molecule has 1 fully saturated rings. The quantitative estimate of drug-likeness (QED) is 0.170. The van der Waals surface area contributed by atoms with Gasteiger partial charge in [-0.2, -0.15) is 13.2 Å². The number of alkyl halides is 3. The number of urea groups is 1. The molecular formula is C35H40Cl2F3N5O2S. The maximum absolute atomic E-state index is 13.3. The van der Waals surface area contributed by atoms with E-state index in [1.807, 2.05) is 89.8 Å². The van der Waals surface area contributed by atoms with Gasteiger partial charge in [-0.25, -0.2) is 4.79 Å². The van der Waals surface area contributed by atoms with E-state index in [0.717, 1.165) is 66.0 Å². The number of β-amino-alcohol motifs (C(OH)–C–C–N with tert-alkyl or cyclic N) is 1. The van der Waals surface area contributed by atoms with E-state index in [1.165, 1.54) is 23.9 Å². The summed E-state index contributed by atoms with van der Waals surface area (Å²) in [6, 6.07) is 30.4. The number of hydrogen-bond acceptors (Lipinski definition) is 6. The van der Waals surface area contributed by atoms with Gasteiger partial charge < -0.3 is 25.5 Å². The SMILES string of the molecule is Cl.Cl.O=C(Nc1ccccc1)Nc1ccccc1.OCCN1CCN(CCCN2c3ccccc3Sc3ccc(C(F)(F)F)cc32)CC1. The number of para-hydroxylation sites is 3. The number of nitrogens with one attached hydrogen (secondary N) is 2. The lowest BCUT2D eigenvalue weighted by Gasteiger charge is -2.36. The largest absolute Gasteiger partial charge is 0.416 e. The molecule has 7 nitrogen and oxygen atoms in total. The fraction of sp³-hybridized carbons (Fsp3) is 0.286. The number of halogens is 5. The van der Waals surface area contributed by atoms with Crippen molar-refractivity contribution in [2.75, 3.05) is 68.0 Å². The Morgan fingerprint density at radius 3 is 1.77 bits per heavy atom. The highest BCUT2D eigenvalue weighted by Gasteiger charge is 2.33. The lowest BCUT2D eigenvalue weighted by molar-refractivity contribution is -0.137. The third-order valence-corrected chi connectivity index (χ3v) is 8.88. The van der Waals surface area contributed by atoms with Crippen LogP contribution in [0.2, 0.25) is 0 Å². The minimum atomic E-state index is -4.35. The van der Waals surface area contributed by atoms with Gasteiger partial charge in [0.05, 0.1) is 23.5 Å². The summed E-state index contributed by atoms with van der Waals surface area (Å²) >= 11 is 1.53. The molecule has 4 aromatic rings. The van der Waals surface area contributed by atoms with Crippen LogP contribution in [0.25, 0.3) is 0 Å². The summed E-state index contributed by atoms with van der Waals surface area (Å²) in [6.45, 7) is 6.29. The Bertz CT molecular complexity index is 1520. The number of aliphatic hydroxyl groups excluding tert-OH is 1. The van der Waals surface area contributed by atoms with Crippen molar-refractivity contribution in [1.29, 1.82) is 0 Å². The van der Waals surface area contributed by atoms with Crippen molar-refractivity contribution in [3.8, 4) is 0 Å². The number of aliphatic hydroxyl groups is 1. The third kappa shape index (κ3) is 11.0. The second-order valence-corrected chi connectivity index (χ2v) is 12.1. The maximum Gasteiger partial charge on any atom is 0.416 e. The van der Waals surface area contributed by atoms with E-state index in [9.17, 15) is 18.0 Å². The smallest absolute Gasteiger partial charge is 0.395 e. The molecule has 6 rings (SSSR count). The average molecular weight is 723 g/mol. The van der Waals surface area contributed by atoms with E-state index in [2.05, 4.69) is 20.4 Å². The summed E-state index contributed by atoms with van der Waals surface area (Å²) in [5.41, 5.74) is 2.56. The van der Waals surface area contributed by atoms with Gasteiger partial charge >= 0.3 is 12.2 Å². The number of carbonyl (C=O) groups is 1. The Labute approximate surface area is 296 Å². The summed E-state index contributed by atoms with van der Waals surface area (Å²) in [4.78, 5) is 20.2. The van der Waals surface area contributed by atoms with Crippen LogP contribution in [0.4, 0.5) is 40.7 Å². The van der Waals surface area contributed by atoms with Crippen LogP contribution < -0.4 is 15.5 Å². The van der Waals surface area contributed by atoms with Crippen molar-refractivity contribution in [2.24, 2.45) is 0 Å². The molecule has 0 spiro atoms. The highest BCUT2D eigenvalue weighted by atomic mass is 35.5. The van der Waals surface area contributed by atoms with Crippen LogP contribution in [0.15, 0.2) is 113 Å². The van der Waals surface area contributed by atoms with Gasteiger partial charge in [0.2, 0.25) is 0 Å². The highest BCUT2D eigenvalue weighted by Crippen LogP contribution is 2.49. The van der Waals surface area contributed by atoms with Gasteiger partial charge in [0.25, 0.3) is 0 Å². The molecule has 0 unspecified atom stereocenters. The van der Waals surface area contributed by atoms with Crippen LogP contribution >= 0.6 is 36.6 Å². The molecule has 258 valence electrons. The monoisotopic (exact) mass is 721 g/mol. The molecule has 0 radical (unpaired) electrons. The van der Waals surface area contributed by atoms with Crippen molar-refractivity contribution < 1.29 is 23.1 Å². The molecule has 0 saturated carbocycles. The van der Waals surface area contributed by atoms with E-state index in [4.69, 9.17) is 5.11 Å². The predicted molar refractivity (Wildman–Crippen MR) is 194 cm³/mol. The highest BCUT2D eigenvalue weighted by molar-refractivity contribution is 7.99. The minimum Gasteiger partial charge on any atom is -0.395 e. The molecule has 0 aromatic heterocycles. The van der Waals surface area contributed by atoms with E-state index in [-0.39, 0.29) is 37.5 Å². The summed E-state index contributed by atoms with van der Waals surface area (Å²) in [5.74, 6) is 0. The number of rotatable bonds is 8. The molecule has 2 aliphatic rings. The molecule has 3 N–H and O–H groups in total. The van der Waals surface area contributed by atoms with Crippen molar-refractivity contribution >= 4 is 65.4 Å². The number of fused-ring (bicyclic) bond motifs is 2. The van der Waals surface area contributed by atoms with Crippen LogP contribution in [0.3, 0.4) is 0 Å². The fourth-order valence-electron chi connectivity index (χ4n) is 5.41. The molecule has 0 atom stereocenters. The van der Waals surface area contributed by atoms with Gasteiger partial charge in [0.1, 0.15) is 0 Å². The maximum atomic E-state index is 13.3. The van der Waals surface area contributed by atoms with E-state index >= 15 is 0 Å². The molecule has 0 aliphatic carbocycles. The van der Waals surface area contributed by atoms with Crippen LogP contribution in [0.1, 0.15) is 12.0 Å². The number of hydrogen-bond donors (Lipinski definition) is 3. The summed E-state index contributed by atoms with van der Waals surface area (Å²) in [5, 5.41) is 14.5. The van der Waals surface area contributed by atoms with Crippen LogP contribution in [0, 0.1) is 0 Å². The van der Waals surface area contributed by atoms with Crippen molar-refractivity contribution in [3.63, 3.8) is 0 Å². The second-order valence-electron chi connectivity index (χ2n) is 11.0. The first-order valence-corrected chi connectivity index (χ1v) is 16.1. The molecule has 0 bridgehead atoms. The lowest BCUT2D eigenvalue weighted by atomic mass is 10.1. The first kappa shape index (κ1) is 39.0. The Balaban J connectivity index is 0.000000296. The van der Waals surface area contributed by atoms with Crippen molar-refractivity contribution in [3.05, 3.63) is 109 Å². The van der Waals surface area contributed by atoms with Crippen LogP contribution in [0.5, 0.6) is 0 Å². The average Bonchev–Trinajstić information content (AvgIpc) is 3.06. The molecule has 2 heterocycles. The zero-order chi connectivity index (χ0) is 32.4. The normalized spacial score (nSPS) is 14.2. The zero-order valence-electron chi connectivity index (χ0n) is 26.2.